The normalized spacial score (nSPS) is 12.4. The fourth-order valence-electron chi connectivity index (χ4n) is 11.7. The monoisotopic (exact) mass is 2780 g/mol. The van der Waals surface area contributed by atoms with E-state index in [0.717, 1.165) is 38.2 Å². The summed E-state index contributed by atoms with van der Waals surface area (Å²) >= 11 is 35.6. The second-order valence-corrected chi connectivity index (χ2v) is 91.0. The predicted molar refractivity (Wildman–Crippen MR) is 577 cm³/mol. The topological polar surface area (TPSA) is 495 Å². The Kier molecular flexibility index (Phi) is 47.9. The van der Waals surface area contributed by atoms with Crippen LogP contribution in [0.2, 0.25) is 0 Å². The number of pyridine rings is 8. The Balaban J connectivity index is 0.000000266. The molecule has 3 aromatic carbocycles. The van der Waals surface area contributed by atoms with Gasteiger partial charge in [-0.05, 0) is 214 Å². The molecule has 0 saturated carbocycles. The van der Waals surface area contributed by atoms with Crippen molar-refractivity contribution < 1.29 is 128 Å². The van der Waals surface area contributed by atoms with Gasteiger partial charge in [0.2, 0.25) is 0 Å². The number of amides is 3. The van der Waals surface area contributed by atoms with Crippen molar-refractivity contribution in [2.45, 2.75) is 141 Å². The summed E-state index contributed by atoms with van der Waals surface area (Å²) < 4.78 is 120. The maximum Gasteiger partial charge on any atom is 0.497 e. The van der Waals surface area contributed by atoms with Gasteiger partial charge in [0.05, 0.1) is 105 Å². The molecular formula is C93H90BBr11F4N11O25PS. The SMILES string of the molecule is BrP(Br)(Br)(Br)Br.CC1(C)OB(c2cn(S(=O)(=O)c3ccccc3)c3ncccc23)OC1(C)C.COC(=O)c1cc(Br)cc(CN(C(=O)OC(C)(C)C)C(=O)OC(C)(C)C)n1.COC(=O)c1cc(Br)cc(CNC(=O)c2cccn(Cc3ccc(F)c(F)c3)c2=O)n1.COC(=O)c1cc(Br)cc(CO)n1.O=C(O)c1cc(Br)cc(CBr)n1.O=C(O)c1cc(Br)cc(CO)n1.O=C(O)c1cccn(Cc2ccc(F)c(F)c2)c1=O. The summed E-state index contributed by atoms with van der Waals surface area (Å²) in [6.45, 7) is 17.1. The zero-order valence-electron chi connectivity index (χ0n) is 79.3. The minimum absolute atomic E-state index is 0.0306. The number of nitrogens with zero attached hydrogens (tertiary/aromatic N) is 10. The van der Waals surface area contributed by atoms with Crippen LogP contribution in [-0.2, 0) is 87.7 Å². The van der Waals surface area contributed by atoms with E-state index in [1.165, 1.54) is 109 Å². The standard InChI is InChI=1S/C21H16BrF2N3O4.C19H21BN2O4S.C18H25BrN2O6.C13H9F2NO3.C8H8BrNO3.C7H5Br2NO2.C7H6BrNO3.Br5P/c1-31-21(30)18-9-13(22)8-14(26-18)10-25-19(28)15-3-2-6-27(20(15)29)11-12-4-5-16(23)17(24)7-12;1-18(2)19(3,4)26-20(25-18)16-13-22(17-15(16)11-8-12-21-17)27(23,24)14-9-6-5-7-10-14;1-17(2,3)26-15(23)21(16(24)27-18(4,5)6)10-12-8-11(19)9-13(20-12)14(22)25-7;14-10-4-3-8(6-11(10)15)7-16-5-1-2-9(12(16)17)13(18)19;1-13-8(12)7-3-5(9)2-6(4-11)10-7;8-3-5-1-4(9)2-6(10-5)7(11)12;8-4-1-5(3-10)9-6(2-4)7(11)12;1-6(2,3,4)5/h2-9H,10-11H2,1H3,(H,25,28);5-13H,1-4H3;8-9H,10H2,1-7H3;1-6H,7H2,(H,18,19);2-3,11H,4H2,1H3;1-2H,3H2,(H,11,12);1-2,10H,3H2,(H,11,12);. The van der Waals surface area contributed by atoms with Gasteiger partial charge in [-0.2, -0.15) is 0 Å². The first kappa shape index (κ1) is 126. The third-order valence-electron chi connectivity index (χ3n) is 18.8. The van der Waals surface area contributed by atoms with Crippen molar-refractivity contribution in [1.82, 2.24) is 53.2 Å². The average Bonchev–Trinajstić information content (AvgIpc) is 1.58. The van der Waals surface area contributed by atoms with Crippen LogP contribution in [0.25, 0.3) is 11.0 Å². The van der Waals surface area contributed by atoms with Crippen molar-refractivity contribution in [3.8, 4) is 0 Å². The van der Waals surface area contributed by atoms with E-state index in [2.05, 4.69) is 222 Å². The number of carbonyl (C=O) groups excluding carboxylic acids is 6. The largest absolute Gasteiger partial charge is 0.497 e. The van der Waals surface area contributed by atoms with Crippen LogP contribution in [0.3, 0.4) is 0 Å². The molecule has 0 bridgehead atoms. The van der Waals surface area contributed by atoms with Crippen LogP contribution in [0.5, 0.6) is 0 Å². The van der Waals surface area contributed by atoms with Gasteiger partial charge in [0.1, 0.15) is 50.8 Å². The van der Waals surface area contributed by atoms with Crippen LogP contribution >= 0.6 is 173 Å². The number of esters is 3. The Morgan fingerprint density at radius 3 is 1.26 bits per heavy atom. The third kappa shape index (κ3) is 40.9. The molecule has 6 N–H and O–H groups in total. The number of carboxylic acid groups (broad SMARTS) is 3. The number of methoxy groups -OCH3 is 3. The maximum atomic E-state index is 13.4. The number of aliphatic hydroxyl groups is 2. The van der Waals surface area contributed by atoms with Crippen molar-refractivity contribution in [3.05, 3.63) is 334 Å². The second kappa shape index (κ2) is 55.9. The van der Waals surface area contributed by atoms with Crippen LogP contribution in [0.4, 0.5) is 27.2 Å². The summed E-state index contributed by atoms with van der Waals surface area (Å²) in [6, 6.07) is 39.4. The number of fused-ring (bicyclic) bond motifs is 1. The van der Waals surface area contributed by atoms with Gasteiger partial charge >= 0.3 is 133 Å². The summed E-state index contributed by atoms with van der Waals surface area (Å²) in [4.78, 5) is 153. The molecule has 13 rings (SSSR count). The Morgan fingerprint density at radius 2 is 0.864 bits per heavy atom. The average molecular weight is 2790 g/mol. The first-order valence-electron chi connectivity index (χ1n) is 41.9. The quantitative estimate of drug-likeness (QED) is 0.00971. The molecule has 786 valence electrons. The molecule has 0 radical (unpaired) electrons. The number of aromatic nitrogens is 9. The molecular weight excluding hydrogens is 2700 g/mol. The van der Waals surface area contributed by atoms with Crippen molar-refractivity contribution in [2.24, 2.45) is 0 Å². The summed E-state index contributed by atoms with van der Waals surface area (Å²) in [5.74, 6) is -9.88. The molecule has 0 atom stereocenters. The predicted octanol–water partition coefficient (Wildman–Crippen LogP) is 21.5. The molecule has 0 spiro atoms. The molecule has 0 aliphatic carbocycles. The number of ether oxygens (including phenoxy) is 5. The maximum absolute atomic E-state index is 13.4. The minimum atomic E-state index is -3.79. The number of hydrogen-bond acceptors (Lipinski definition) is 28. The van der Waals surface area contributed by atoms with E-state index in [-0.39, 0.29) is 89.6 Å². The Morgan fingerprint density at radius 1 is 0.490 bits per heavy atom. The number of aromatic carboxylic acids is 3. The fraction of sp³-hybridized carbons (Fsp3) is 0.258. The number of hydrogen-bond donors (Lipinski definition) is 6. The van der Waals surface area contributed by atoms with Gasteiger partial charge in [0, 0.05) is 63.3 Å². The van der Waals surface area contributed by atoms with E-state index >= 15 is 0 Å². The van der Waals surface area contributed by atoms with E-state index in [4.69, 9.17) is 44.3 Å². The third-order valence-corrected chi connectivity index (χ3v) is 23.4. The molecule has 1 saturated heterocycles. The summed E-state index contributed by atoms with van der Waals surface area (Å²) in [5.41, 5.74) is -0.338. The molecule has 36 nitrogen and oxygen atoms in total. The van der Waals surface area contributed by atoms with Gasteiger partial charge in [-0.1, -0.05) is 126 Å². The van der Waals surface area contributed by atoms with Crippen molar-refractivity contribution >= 4 is 261 Å². The van der Waals surface area contributed by atoms with Gasteiger partial charge in [0.25, 0.3) is 27.0 Å². The molecule has 1 fully saturated rings. The Labute approximate surface area is 929 Å². The number of imide groups is 1. The molecule has 10 heterocycles. The van der Waals surface area contributed by atoms with Crippen molar-refractivity contribution in [2.75, 3.05) is 21.3 Å². The van der Waals surface area contributed by atoms with Crippen LogP contribution in [0, 0.1) is 23.3 Å². The van der Waals surface area contributed by atoms with E-state index in [9.17, 15) is 78.7 Å². The van der Waals surface area contributed by atoms with Crippen molar-refractivity contribution in [1.29, 1.82) is 0 Å². The smallest absolute Gasteiger partial charge is 0.477 e. The number of rotatable bonds is 21. The Hall–Kier alpha value is -9.69. The molecule has 0 unspecified atom stereocenters. The number of alkyl halides is 1. The van der Waals surface area contributed by atoms with Gasteiger partial charge in [0.15, 0.2) is 28.9 Å². The molecule has 1 aliphatic heterocycles. The summed E-state index contributed by atoms with van der Waals surface area (Å²) in [7, 11) is -0.716. The minimum Gasteiger partial charge on any atom is -0.477 e. The van der Waals surface area contributed by atoms with E-state index in [0.29, 0.717) is 73.6 Å². The van der Waals surface area contributed by atoms with E-state index in [1.807, 2.05) is 33.8 Å². The van der Waals surface area contributed by atoms with Crippen LogP contribution < -0.4 is 21.9 Å². The molecule has 54 heteroatoms. The van der Waals surface area contributed by atoms with Gasteiger partial charge in [-0.15, -0.1) is 0 Å². The fourth-order valence-corrected chi connectivity index (χ4v) is 15.7. The van der Waals surface area contributed by atoms with Crippen LogP contribution in [-0.4, -0.2) is 187 Å². The van der Waals surface area contributed by atoms with Gasteiger partial charge < -0.3 is 73.0 Å². The van der Waals surface area contributed by atoms with Crippen LogP contribution in [0.15, 0.2) is 225 Å². The molecule has 9 aromatic heterocycles. The zero-order valence-corrected chi connectivity index (χ0v) is 98.5. The van der Waals surface area contributed by atoms with Gasteiger partial charge in [-0.25, -0.2) is 103 Å². The summed E-state index contributed by atoms with van der Waals surface area (Å²) in [6.07, 6.45) is 4.21. The summed E-state index contributed by atoms with van der Waals surface area (Å²) in [5, 5.41) is 47.3. The second-order valence-electron chi connectivity index (χ2n) is 32.9. The first-order valence-corrected chi connectivity index (χ1v) is 60.7. The number of halogens is 15. The molecule has 12 aromatic rings. The number of nitrogens with one attached hydrogen (secondary N) is 1. The first-order chi connectivity index (χ1) is 68.3. The van der Waals surface area contributed by atoms with Crippen molar-refractivity contribution in [3.63, 3.8) is 0 Å². The van der Waals surface area contributed by atoms with E-state index < -0.39 is 128 Å². The van der Waals surface area contributed by atoms with Crippen LogP contribution in [0.1, 0.15) is 182 Å². The Bertz CT molecular complexity index is 6950. The number of carboxylic acids is 3. The number of benzene rings is 3. The molecule has 1 aliphatic rings. The van der Waals surface area contributed by atoms with Gasteiger partial charge in [-0.3, -0.25) is 14.4 Å². The number of aliphatic hydroxyl groups excluding tert-OH is 2. The number of carbonyl (C=O) groups is 9. The molecule has 3 amide bonds. The molecule has 147 heavy (non-hydrogen) atoms. The zero-order chi connectivity index (χ0) is 111. The van der Waals surface area contributed by atoms with E-state index in [1.54, 1.807) is 121 Å².